The van der Waals surface area contributed by atoms with Crippen molar-refractivity contribution >= 4 is 0 Å². The molecule has 0 saturated carbocycles. The average molecular weight is 519 g/mol. The van der Waals surface area contributed by atoms with E-state index in [4.69, 9.17) is 9.47 Å². The molecule has 2 saturated heterocycles. The minimum absolute atomic E-state index is 0.0374. The third-order valence-corrected chi connectivity index (χ3v) is 7.96. The molecule has 4 rings (SSSR count). The molecule has 0 spiro atoms. The first-order valence-electron chi connectivity index (χ1n) is 13.7. The van der Waals surface area contributed by atoms with Gasteiger partial charge in [-0.3, -0.25) is 0 Å². The molecule has 202 valence electrons. The van der Waals surface area contributed by atoms with E-state index in [1.54, 1.807) is 0 Å². The molecule has 2 aromatic carbocycles. The van der Waals surface area contributed by atoms with Gasteiger partial charge in [0, 0.05) is 23.7 Å². The fourth-order valence-electron chi connectivity index (χ4n) is 5.70. The fraction of sp³-hybridized carbons (Fsp3) is 0.548. The van der Waals surface area contributed by atoms with Gasteiger partial charge >= 0.3 is 0 Å². The molecule has 2 heterocycles. The summed E-state index contributed by atoms with van der Waals surface area (Å²) in [4.78, 5) is 0. The second kappa shape index (κ2) is 13.1. The van der Waals surface area contributed by atoms with Crippen molar-refractivity contribution in [2.24, 2.45) is 5.92 Å². The molecule has 2 aromatic rings. The minimum Gasteiger partial charge on any atom is -0.378 e. The van der Waals surface area contributed by atoms with Crippen molar-refractivity contribution in [1.29, 1.82) is 0 Å². The van der Waals surface area contributed by atoms with E-state index in [-0.39, 0.29) is 40.4 Å². The highest BCUT2D eigenvalue weighted by atomic mass is 19.2. The summed E-state index contributed by atoms with van der Waals surface area (Å²) < 4.78 is 71.9. The van der Waals surface area contributed by atoms with Gasteiger partial charge in [-0.05, 0) is 74.8 Å². The maximum Gasteiger partial charge on any atom is 0.167 e. The van der Waals surface area contributed by atoms with Crippen LogP contribution in [0.25, 0.3) is 11.1 Å². The van der Waals surface area contributed by atoms with Gasteiger partial charge in [-0.25, -0.2) is 17.6 Å². The van der Waals surface area contributed by atoms with Crippen molar-refractivity contribution in [2.75, 3.05) is 13.2 Å². The number of rotatable bonds is 10. The molecular formula is C31H38F4O2. The normalized spacial score (nSPS) is 24.2. The van der Waals surface area contributed by atoms with Crippen molar-refractivity contribution in [3.63, 3.8) is 0 Å². The standard InChI is InChI=1S/C31H38F4O2/c1-3-5-7-23-14-10-22(19-37-23)25-16-17-27(31(35)29(25)33)26-15-11-21(28(32)30(26)34)9-13-24-12-8-20(6-4-2)18-36-24/h3,11,15-17,20,22-24H,1,4-10,12-14,18-19H2,2H3. The number of hydrogen-bond donors (Lipinski definition) is 0. The Balaban J connectivity index is 1.42. The third-order valence-electron chi connectivity index (χ3n) is 7.96. The first-order chi connectivity index (χ1) is 17.9. The first kappa shape index (κ1) is 27.8. The van der Waals surface area contributed by atoms with Crippen molar-refractivity contribution in [3.8, 4) is 11.1 Å². The molecule has 4 atom stereocenters. The molecule has 2 nitrogen and oxygen atoms in total. The zero-order chi connectivity index (χ0) is 26.4. The third kappa shape index (κ3) is 6.64. The van der Waals surface area contributed by atoms with Crippen LogP contribution in [-0.4, -0.2) is 25.4 Å². The van der Waals surface area contributed by atoms with Crippen LogP contribution in [0.3, 0.4) is 0 Å². The van der Waals surface area contributed by atoms with Crippen molar-refractivity contribution in [1.82, 2.24) is 0 Å². The SMILES string of the molecule is C=CCCC1CCC(c2ccc(-c3ccc(CCC4CCC(CCC)CO4)c(F)c3F)c(F)c2F)CO1. The summed E-state index contributed by atoms with van der Waals surface area (Å²) in [5, 5.41) is 0. The van der Waals surface area contributed by atoms with Crippen molar-refractivity contribution in [2.45, 2.75) is 89.3 Å². The molecule has 0 amide bonds. The predicted molar refractivity (Wildman–Crippen MR) is 139 cm³/mol. The topological polar surface area (TPSA) is 18.5 Å². The molecular weight excluding hydrogens is 480 g/mol. The molecule has 2 fully saturated rings. The lowest BCUT2D eigenvalue weighted by Crippen LogP contribution is -2.26. The van der Waals surface area contributed by atoms with Gasteiger partial charge in [0.15, 0.2) is 23.3 Å². The van der Waals surface area contributed by atoms with Gasteiger partial charge < -0.3 is 9.47 Å². The smallest absolute Gasteiger partial charge is 0.167 e. The van der Waals surface area contributed by atoms with Crippen molar-refractivity contribution < 1.29 is 27.0 Å². The minimum atomic E-state index is -1.16. The van der Waals surface area contributed by atoms with E-state index < -0.39 is 23.3 Å². The maximum absolute atomic E-state index is 15.1. The summed E-state index contributed by atoms with van der Waals surface area (Å²) in [5.74, 6) is -4.02. The molecule has 4 unspecified atom stereocenters. The van der Waals surface area contributed by atoms with Gasteiger partial charge in [0.05, 0.1) is 18.8 Å². The van der Waals surface area contributed by atoms with E-state index in [2.05, 4.69) is 13.5 Å². The van der Waals surface area contributed by atoms with E-state index in [1.807, 2.05) is 6.08 Å². The monoisotopic (exact) mass is 518 g/mol. The van der Waals surface area contributed by atoms with Crippen LogP contribution in [0.15, 0.2) is 36.9 Å². The van der Waals surface area contributed by atoms with E-state index in [0.29, 0.717) is 31.8 Å². The summed E-state index contributed by atoms with van der Waals surface area (Å²) in [6.45, 7) is 6.90. The second-order valence-electron chi connectivity index (χ2n) is 10.6. The summed E-state index contributed by atoms with van der Waals surface area (Å²) >= 11 is 0. The lowest BCUT2D eigenvalue weighted by atomic mass is 9.88. The molecule has 2 aliphatic heterocycles. The van der Waals surface area contributed by atoms with E-state index in [0.717, 1.165) is 51.6 Å². The van der Waals surface area contributed by atoms with Gasteiger partial charge in [-0.15, -0.1) is 6.58 Å². The van der Waals surface area contributed by atoms with Gasteiger partial charge in [0.25, 0.3) is 0 Å². The molecule has 2 aliphatic rings. The number of benzene rings is 2. The van der Waals surface area contributed by atoms with Gasteiger partial charge in [0.1, 0.15) is 0 Å². The lowest BCUT2D eigenvalue weighted by Gasteiger charge is -2.29. The summed E-state index contributed by atoms with van der Waals surface area (Å²) in [6, 6.07) is 5.64. The Morgan fingerprint density at radius 2 is 1.46 bits per heavy atom. The highest BCUT2D eigenvalue weighted by molar-refractivity contribution is 5.66. The maximum atomic E-state index is 15.1. The molecule has 0 aromatic heterocycles. The Morgan fingerprint density at radius 3 is 2.11 bits per heavy atom. The van der Waals surface area contributed by atoms with E-state index in [1.165, 1.54) is 24.3 Å². The second-order valence-corrected chi connectivity index (χ2v) is 10.6. The van der Waals surface area contributed by atoms with Crippen LogP contribution in [-0.2, 0) is 15.9 Å². The number of ether oxygens (including phenoxy) is 2. The highest BCUT2D eigenvalue weighted by Crippen LogP contribution is 2.36. The zero-order valence-electron chi connectivity index (χ0n) is 21.7. The van der Waals surface area contributed by atoms with E-state index in [9.17, 15) is 4.39 Å². The molecule has 0 N–H and O–H groups in total. The largest absolute Gasteiger partial charge is 0.378 e. The van der Waals surface area contributed by atoms with Crippen molar-refractivity contribution in [3.05, 3.63) is 71.3 Å². The van der Waals surface area contributed by atoms with Crippen LogP contribution >= 0.6 is 0 Å². The highest BCUT2D eigenvalue weighted by Gasteiger charge is 2.28. The number of hydrogen-bond acceptors (Lipinski definition) is 2. The number of halogens is 4. The number of aryl methyl sites for hydroxylation is 1. The molecule has 0 bridgehead atoms. The van der Waals surface area contributed by atoms with E-state index >= 15 is 13.2 Å². The van der Waals surface area contributed by atoms with Gasteiger partial charge in [0.2, 0.25) is 0 Å². The molecule has 0 aliphatic carbocycles. The molecule has 0 radical (unpaired) electrons. The number of allylic oxidation sites excluding steroid dienone is 1. The van der Waals surface area contributed by atoms with Gasteiger partial charge in [-0.1, -0.05) is 43.7 Å². The zero-order valence-corrected chi connectivity index (χ0v) is 21.7. The van der Waals surface area contributed by atoms with Crippen LogP contribution in [0, 0.1) is 29.2 Å². The Hall–Kier alpha value is -2.18. The summed E-state index contributed by atoms with van der Waals surface area (Å²) in [6.07, 6.45) is 10.4. The Bertz CT molecular complexity index is 1050. The van der Waals surface area contributed by atoms with Crippen LogP contribution in [0.4, 0.5) is 17.6 Å². The first-order valence-corrected chi connectivity index (χ1v) is 13.7. The predicted octanol–water partition coefficient (Wildman–Crippen LogP) is 8.67. The fourth-order valence-corrected chi connectivity index (χ4v) is 5.70. The van der Waals surface area contributed by atoms with Crippen LogP contribution in [0.5, 0.6) is 0 Å². The quantitative estimate of drug-likeness (QED) is 0.231. The summed E-state index contributed by atoms with van der Waals surface area (Å²) in [7, 11) is 0. The van der Waals surface area contributed by atoms with Gasteiger partial charge in [-0.2, -0.15) is 0 Å². The Kier molecular flexibility index (Phi) is 9.83. The van der Waals surface area contributed by atoms with Crippen LogP contribution in [0.1, 0.15) is 81.8 Å². The Morgan fingerprint density at radius 1 is 0.784 bits per heavy atom. The Labute approximate surface area is 218 Å². The van der Waals surface area contributed by atoms with Crippen LogP contribution < -0.4 is 0 Å². The summed E-state index contributed by atoms with van der Waals surface area (Å²) in [5.41, 5.74) is -0.106. The lowest BCUT2D eigenvalue weighted by molar-refractivity contribution is -0.0216. The molecule has 6 heteroatoms. The van der Waals surface area contributed by atoms with Crippen LogP contribution in [0.2, 0.25) is 0 Å². The molecule has 37 heavy (non-hydrogen) atoms. The average Bonchev–Trinajstić information content (AvgIpc) is 2.92.